The summed E-state index contributed by atoms with van der Waals surface area (Å²) in [5, 5.41) is 3.42. The van der Waals surface area contributed by atoms with Gasteiger partial charge in [0.15, 0.2) is 9.84 Å². The van der Waals surface area contributed by atoms with Crippen molar-refractivity contribution in [3.05, 3.63) is 0 Å². The third-order valence-electron chi connectivity index (χ3n) is 4.48. The summed E-state index contributed by atoms with van der Waals surface area (Å²) in [6.45, 7) is 7.52. The van der Waals surface area contributed by atoms with E-state index in [1.54, 1.807) is 0 Å². The Hall–Kier alpha value is -0.130. The highest BCUT2D eigenvalue weighted by molar-refractivity contribution is 7.92. The molecule has 1 heterocycles. The van der Waals surface area contributed by atoms with Crippen LogP contribution in [0.25, 0.3) is 0 Å². The highest BCUT2D eigenvalue weighted by Crippen LogP contribution is 2.25. The Morgan fingerprint density at radius 3 is 2.60 bits per heavy atom. The fourth-order valence-corrected chi connectivity index (χ4v) is 3.41. The van der Waals surface area contributed by atoms with Crippen LogP contribution in [-0.4, -0.2) is 44.7 Å². The molecule has 0 aromatic carbocycles. The van der Waals surface area contributed by atoms with E-state index < -0.39 is 14.6 Å². The largest absolute Gasteiger partial charge is 0.378 e. The molecule has 1 saturated heterocycles. The average Bonchev–Trinajstić information content (AvgIpc) is 2.84. The van der Waals surface area contributed by atoms with E-state index in [0.717, 1.165) is 51.7 Å². The molecule has 0 aliphatic carbocycles. The molecule has 0 spiro atoms. The average molecular weight is 305 g/mol. The molecule has 2 unspecified atom stereocenters. The normalized spacial score (nSPS) is 22.1. The van der Waals surface area contributed by atoms with Crippen molar-refractivity contribution in [3.8, 4) is 0 Å². The Bertz CT molecular complexity index is 373. The minimum absolute atomic E-state index is 0.0128. The maximum atomic E-state index is 12.0. The maximum Gasteiger partial charge on any atom is 0.154 e. The lowest BCUT2D eigenvalue weighted by Crippen LogP contribution is -2.51. The first-order valence-corrected chi connectivity index (χ1v) is 9.72. The van der Waals surface area contributed by atoms with Gasteiger partial charge in [-0.2, -0.15) is 0 Å². The van der Waals surface area contributed by atoms with Gasteiger partial charge in [-0.05, 0) is 58.9 Å². The topological polar surface area (TPSA) is 55.4 Å². The third-order valence-corrected chi connectivity index (χ3v) is 6.67. The molecule has 120 valence electrons. The van der Waals surface area contributed by atoms with Crippen LogP contribution in [0, 0.1) is 0 Å². The van der Waals surface area contributed by atoms with Crippen LogP contribution in [0.2, 0.25) is 0 Å². The lowest BCUT2D eigenvalue weighted by Gasteiger charge is -2.34. The van der Waals surface area contributed by atoms with Gasteiger partial charge < -0.3 is 10.1 Å². The third kappa shape index (κ3) is 5.01. The fourth-order valence-electron chi connectivity index (χ4n) is 2.69. The van der Waals surface area contributed by atoms with Gasteiger partial charge in [0, 0.05) is 18.9 Å². The summed E-state index contributed by atoms with van der Waals surface area (Å²) in [5.41, 5.74) is 0. The summed E-state index contributed by atoms with van der Waals surface area (Å²) in [6, 6.07) is 0.0128. The molecule has 20 heavy (non-hydrogen) atoms. The van der Waals surface area contributed by atoms with E-state index in [1.807, 2.05) is 13.8 Å². The molecule has 0 saturated carbocycles. The molecule has 0 aromatic rings. The van der Waals surface area contributed by atoms with Crippen molar-refractivity contribution in [1.29, 1.82) is 0 Å². The summed E-state index contributed by atoms with van der Waals surface area (Å²) in [6.07, 6.45) is 8.02. The number of sulfone groups is 1. The summed E-state index contributed by atoms with van der Waals surface area (Å²) in [7, 11) is -3.08. The Kier molecular flexibility index (Phi) is 6.95. The van der Waals surface area contributed by atoms with Gasteiger partial charge in [-0.15, -0.1) is 0 Å². The van der Waals surface area contributed by atoms with E-state index in [1.165, 1.54) is 6.26 Å². The number of hydrogen-bond donors (Lipinski definition) is 1. The van der Waals surface area contributed by atoms with Crippen LogP contribution >= 0.6 is 0 Å². The van der Waals surface area contributed by atoms with E-state index >= 15 is 0 Å². The summed E-state index contributed by atoms with van der Waals surface area (Å²) >= 11 is 0. The molecule has 1 aliphatic rings. The number of rotatable bonds is 9. The van der Waals surface area contributed by atoms with Crippen molar-refractivity contribution in [2.75, 3.05) is 19.4 Å². The van der Waals surface area contributed by atoms with Gasteiger partial charge in [-0.3, -0.25) is 0 Å². The first-order valence-electron chi connectivity index (χ1n) is 7.83. The van der Waals surface area contributed by atoms with Gasteiger partial charge >= 0.3 is 0 Å². The Morgan fingerprint density at radius 2 is 2.10 bits per heavy atom. The van der Waals surface area contributed by atoms with Crippen LogP contribution in [0.4, 0.5) is 0 Å². The molecular weight excluding hydrogens is 274 g/mol. The van der Waals surface area contributed by atoms with Gasteiger partial charge in [0.2, 0.25) is 0 Å². The lowest BCUT2D eigenvalue weighted by molar-refractivity contribution is 0.101. The minimum atomic E-state index is -3.08. The highest BCUT2D eigenvalue weighted by atomic mass is 32.2. The highest BCUT2D eigenvalue weighted by Gasteiger charge is 2.38. The maximum absolute atomic E-state index is 12.0. The Morgan fingerprint density at radius 1 is 1.40 bits per heavy atom. The molecule has 0 aromatic heterocycles. The smallest absolute Gasteiger partial charge is 0.154 e. The summed E-state index contributed by atoms with van der Waals surface area (Å²) in [5.74, 6) is 0. The number of hydrogen-bond acceptors (Lipinski definition) is 4. The van der Waals surface area contributed by atoms with Crippen molar-refractivity contribution in [3.63, 3.8) is 0 Å². The Labute approximate surface area is 124 Å². The summed E-state index contributed by atoms with van der Waals surface area (Å²) in [4.78, 5) is 0. The molecule has 0 bridgehead atoms. The molecule has 1 aliphatic heterocycles. The van der Waals surface area contributed by atoms with E-state index in [9.17, 15) is 8.42 Å². The van der Waals surface area contributed by atoms with Crippen LogP contribution in [-0.2, 0) is 14.6 Å². The molecule has 1 N–H and O–H groups in total. The molecule has 2 atom stereocenters. The summed E-state index contributed by atoms with van der Waals surface area (Å²) < 4.78 is 28.9. The van der Waals surface area contributed by atoms with Crippen molar-refractivity contribution in [1.82, 2.24) is 5.32 Å². The van der Waals surface area contributed by atoms with Gasteiger partial charge in [0.05, 0.1) is 10.9 Å². The van der Waals surface area contributed by atoms with E-state index in [-0.39, 0.29) is 6.04 Å². The molecule has 0 amide bonds. The van der Waals surface area contributed by atoms with E-state index in [4.69, 9.17) is 4.74 Å². The predicted octanol–water partition coefficient (Wildman–Crippen LogP) is 2.53. The van der Waals surface area contributed by atoms with Crippen LogP contribution < -0.4 is 5.32 Å². The van der Waals surface area contributed by atoms with Gasteiger partial charge in [0.25, 0.3) is 0 Å². The van der Waals surface area contributed by atoms with Crippen molar-refractivity contribution >= 4 is 9.84 Å². The molecule has 4 nitrogen and oxygen atoms in total. The quantitative estimate of drug-likeness (QED) is 0.711. The van der Waals surface area contributed by atoms with Crippen molar-refractivity contribution in [2.24, 2.45) is 0 Å². The van der Waals surface area contributed by atoms with Crippen LogP contribution in [0.1, 0.15) is 59.3 Å². The Balaban J connectivity index is 2.54. The second kappa shape index (κ2) is 7.76. The second-order valence-corrected chi connectivity index (χ2v) is 9.04. The van der Waals surface area contributed by atoms with Crippen molar-refractivity contribution in [2.45, 2.75) is 76.2 Å². The van der Waals surface area contributed by atoms with Crippen LogP contribution in [0.15, 0.2) is 0 Å². The molecule has 1 fully saturated rings. The molecule has 5 heteroatoms. The van der Waals surface area contributed by atoms with Gasteiger partial charge in [-0.1, -0.05) is 6.92 Å². The minimum Gasteiger partial charge on any atom is -0.378 e. The molecule has 0 radical (unpaired) electrons. The fraction of sp³-hybridized carbons (Fsp3) is 1.00. The predicted molar refractivity (Wildman–Crippen MR) is 83.8 cm³/mol. The number of nitrogens with one attached hydrogen (secondary N) is 1. The lowest BCUT2D eigenvalue weighted by atomic mass is 9.96. The zero-order valence-electron chi connectivity index (χ0n) is 13.4. The van der Waals surface area contributed by atoms with Crippen molar-refractivity contribution < 1.29 is 13.2 Å². The monoisotopic (exact) mass is 305 g/mol. The van der Waals surface area contributed by atoms with E-state index in [0.29, 0.717) is 6.10 Å². The zero-order chi connectivity index (χ0) is 15.2. The van der Waals surface area contributed by atoms with Crippen LogP contribution in [0.5, 0.6) is 0 Å². The standard InChI is InChI=1S/C15H31NO3S/c1-5-11-16-14(15(2,3)20(4,17)18)10-6-8-13-9-7-12-19-13/h13-14,16H,5-12H2,1-4H3. The van der Waals surface area contributed by atoms with Gasteiger partial charge in [-0.25, -0.2) is 8.42 Å². The first kappa shape index (κ1) is 17.9. The zero-order valence-corrected chi connectivity index (χ0v) is 14.3. The molecule has 1 rings (SSSR count). The van der Waals surface area contributed by atoms with Gasteiger partial charge in [0.1, 0.15) is 0 Å². The SMILES string of the molecule is CCCNC(CCCC1CCCO1)C(C)(C)S(C)(=O)=O. The van der Waals surface area contributed by atoms with E-state index in [2.05, 4.69) is 12.2 Å². The first-order chi connectivity index (χ1) is 9.29. The van der Waals surface area contributed by atoms with Crippen LogP contribution in [0.3, 0.4) is 0 Å². The molecular formula is C15H31NO3S. The number of ether oxygens (including phenoxy) is 1. The second-order valence-electron chi connectivity index (χ2n) is 6.45.